The fourth-order valence-corrected chi connectivity index (χ4v) is 2.09. The first-order chi connectivity index (χ1) is 8.61. The maximum atomic E-state index is 9.30. The van der Waals surface area contributed by atoms with Crippen molar-refractivity contribution in [3.63, 3.8) is 0 Å². The lowest BCUT2D eigenvalue weighted by Gasteiger charge is -2.11. The van der Waals surface area contributed by atoms with E-state index in [1.165, 1.54) is 0 Å². The number of aliphatic hydroxyl groups is 1. The molecule has 0 aliphatic carbocycles. The zero-order valence-corrected chi connectivity index (χ0v) is 12.1. The molecule has 1 aromatic heterocycles. The zero-order valence-electron chi connectivity index (χ0n) is 10.5. The van der Waals surface area contributed by atoms with E-state index in [9.17, 15) is 5.11 Å². The molecule has 4 nitrogen and oxygen atoms in total. The molecule has 0 unspecified atom stereocenters. The Morgan fingerprint density at radius 3 is 2.44 bits per heavy atom. The summed E-state index contributed by atoms with van der Waals surface area (Å²) in [5, 5.41) is 17.5. The van der Waals surface area contributed by atoms with E-state index >= 15 is 0 Å². The first kappa shape index (κ1) is 13.2. The highest BCUT2D eigenvalue weighted by atomic mass is 79.9. The molecule has 2 aromatic rings. The molecular formula is C13H16BrN3O. The van der Waals surface area contributed by atoms with Crippen LogP contribution in [0.15, 0.2) is 28.7 Å². The fourth-order valence-electron chi connectivity index (χ4n) is 1.82. The van der Waals surface area contributed by atoms with Gasteiger partial charge in [0.25, 0.3) is 0 Å². The molecule has 18 heavy (non-hydrogen) atoms. The molecular weight excluding hydrogens is 294 g/mol. The summed E-state index contributed by atoms with van der Waals surface area (Å²) in [5.74, 6) is 1.89. The Bertz CT molecular complexity index is 520. The number of halogens is 1. The third kappa shape index (κ3) is 2.79. The molecule has 1 heterocycles. The molecule has 5 heteroatoms. The van der Waals surface area contributed by atoms with Crippen molar-refractivity contribution < 1.29 is 5.11 Å². The SMILES string of the molecule is CC(C)Cn1c(CO)nnc1-c1ccc(Br)cc1. The highest BCUT2D eigenvalue weighted by Gasteiger charge is 2.13. The summed E-state index contributed by atoms with van der Waals surface area (Å²) in [6.07, 6.45) is 0. The second-order valence-electron chi connectivity index (χ2n) is 4.61. The second-order valence-corrected chi connectivity index (χ2v) is 5.52. The number of hydrogen-bond acceptors (Lipinski definition) is 3. The first-order valence-corrected chi connectivity index (χ1v) is 6.70. The molecule has 1 aromatic carbocycles. The molecule has 0 spiro atoms. The van der Waals surface area contributed by atoms with Gasteiger partial charge in [-0.1, -0.05) is 41.9 Å². The van der Waals surface area contributed by atoms with Crippen LogP contribution in [-0.4, -0.2) is 19.9 Å². The number of rotatable bonds is 4. The van der Waals surface area contributed by atoms with Crippen LogP contribution in [0.1, 0.15) is 19.7 Å². The summed E-state index contributed by atoms with van der Waals surface area (Å²) < 4.78 is 3.01. The van der Waals surface area contributed by atoms with Crippen molar-refractivity contribution in [1.29, 1.82) is 0 Å². The number of nitrogens with zero attached hydrogens (tertiary/aromatic N) is 3. The number of aliphatic hydroxyl groups excluding tert-OH is 1. The van der Waals surface area contributed by atoms with E-state index in [0.717, 1.165) is 22.4 Å². The molecule has 0 saturated heterocycles. The quantitative estimate of drug-likeness (QED) is 0.945. The van der Waals surface area contributed by atoms with Gasteiger partial charge in [-0.2, -0.15) is 0 Å². The van der Waals surface area contributed by atoms with Crippen LogP contribution in [0.3, 0.4) is 0 Å². The van der Waals surface area contributed by atoms with Crippen molar-refractivity contribution in [2.24, 2.45) is 5.92 Å². The highest BCUT2D eigenvalue weighted by molar-refractivity contribution is 9.10. The Labute approximate surface area is 115 Å². The lowest BCUT2D eigenvalue weighted by Crippen LogP contribution is -2.10. The van der Waals surface area contributed by atoms with E-state index < -0.39 is 0 Å². The molecule has 2 rings (SSSR count). The number of hydrogen-bond donors (Lipinski definition) is 1. The normalized spacial score (nSPS) is 11.2. The minimum atomic E-state index is -0.0871. The summed E-state index contributed by atoms with van der Waals surface area (Å²) in [6.45, 7) is 4.98. The predicted molar refractivity (Wildman–Crippen MR) is 73.9 cm³/mol. The van der Waals surface area contributed by atoms with Crippen molar-refractivity contribution in [2.45, 2.75) is 27.0 Å². The van der Waals surface area contributed by atoms with Gasteiger partial charge in [-0.05, 0) is 18.1 Å². The van der Waals surface area contributed by atoms with Gasteiger partial charge in [-0.3, -0.25) is 0 Å². The average Bonchev–Trinajstić information content (AvgIpc) is 2.72. The molecule has 1 N–H and O–H groups in total. The van der Waals surface area contributed by atoms with Crippen LogP contribution in [0.2, 0.25) is 0 Å². The Kier molecular flexibility index (Phi) is 4.14. The van der Waals surface area contributed by atoms with Gasteiger partial charge in [0, 0.05) is 16.6 Å². The topological polar surface area (TPSA) is 50.9 Å². The molecule has 0 saturated carbocycles. The van der Waals surface area contributed by atoms with E-state index in [1.807, 2.05) is 28.8 Å². The van der Waals surface area contributed by atoms with Crippen LogP contribution in [0.25, 0.3) is 11.4 Å². The van der Waals surface area contributed by atoms with Crippen LogP contribution in [0, 0.1) is 5.92 Å². The van der Waals surface area contributed by atoms with Gasteiger partial charge in [-0.25, -0.2) is 0 Å². The summed E-state index contributed by atoms with van der Waals surface area (Å²) in [6, 6.07) is 7.93. The van der Waals surface area contributed by atoms with Gasteiger partial charge in [0.15, 0.2) is 11.6 Å². The Hall–Kier alpha value is -1.20. The van der Waals surface area contributed by atoms with Crippen molar-refractivity contribution in [3.8, 4) is 11.4 Å². The van der Waals surface area contributed by atoms with Crippen molar-refractivity contribution >= 4 is 15.9 Å². The van der Waals surface area contributed by atoms with Crippen molar-refractivity contribution in [1.82, 2.24) is 14.8 Å². The lowest BCUT2D eigenvalue weighted by molar-refractivity contribution is 0.262. The summed E-state index contributed by atoms with van der Waals surface area (Å²) in [5.41, 5.74) is 1.01. The van der Waals surface area contributed by atoms with E-state index in [-0.39, 0.29) is 6.61 Å². The minimum absolute atomic E-state index is 0.0871. The van der Waals surface area contributed by atoms with E-state index in [0.29, 0.717) is 11.7 Å². The Morgan fingerprint density at radius 1 is 1.22 bits per heavy atom. The van der Waals surface area contributed by atoms with Gasteiger partial charge in [0.2, 0.25) is 0 Å². The third-order valence-electron chi connectivity index (χ3n) is 2.62. The maximum absolute atomic E-state index is 9.30. The summed E-state index contributed by atoms with van der Waals surface area (Å²) in [7, 11) is 0. The van der Waals surface area contributed by atoms with Gasteiger partial charge in [0.05, 0.1) is 0 Å². The molecule has 0 fully saturated rings. The van der Waals surface area contributed by atoms with Crippen LogP contribution in [0.4, 0.5) is 0 Å². The third-order valence-corrected chi connectivity index (χ3v) is 3.15. The van der Waals surface area contributed by atoms with E-state index in [4.69, 9.17) is 0 Å². The predicted octanol–water partition coefficient (Wildman–Crippen LogP) is 2.86. The highest BCUT2D eigenvalue weighted by Crippen LogP contribution is 2.22. The lowest BCUT2D eigenvalue weighted by atomic mass is 10.2. The average molecular weight is 310 g/mol. The molecule has 0 radical (unpaired) electrons. The summed E-state index contributed by atoms with van der Waals surface area (Å²) in [4.78, 5) is 0. The number of benzene rings is 1. The Balaban J connectivity index is 2.43. The minimum Gasteiger partial charge on any atom is -0.388 e. The van der Waals surface area contributed by atoms with Crippen LogP contribution >= 0.6 is 15.9 Å². The smallest absolute Gasteiger partial charge is 0.164 e. The summed E-state index contributed by atoms with van der Waals surface area (Å²) >= 11 is 3.41. The van der Waals surface area contributed by atoms with Crippen LogP contribution in [-0.2, 0) is 13.2 Å². The Morgan fingerprint density at radius 2 is 1.89 bits per heavy atom. The van der Waals surface area contributed by atoms with Gasteiger partial charge < -0.3 is 9.67 Å². The zero-order chi connectivity index (χ0) is 13.1. The van der Waals surface area contributed by atoms with Gasteiger partial charge >= 0.3 is 0 Å². The van der Waals surface area contributed by atoms with Crippen LogP contribution < -0.4 is 0 Å². The molecule has 0 aliphatic heterocycles. The first-order valence-electron chi connectivity index (χ1n) is 5.90. The molecule has 0 amide bonds. The molecule has 96 valence electrons. The van der Waals surface area contributed by atoms with Gasteiger partial charge in [-0.15, -0.1) is 10.2 Å². The largest absolute Gasteiger partial charge is 0.388 e. The van der Waals surface area contributed by atoms with E-state index in [2.05, 4.69) is 40.0 Å². The van der Waals surface area contributed by atoms with Gasteiger partial charge in [0.1, 0.15) is 6.61 Å². The fraction of sp³-hybridized carbons (Fsp3) is 0.385. The second kappa shape index (κ2) is 5.63. The molecule has 0 atom stereocenters. The van der Waals surface area contributed by atoms with E-state index in [1.54, 1.807) is 0 Å². The molecule has 0 bridgehead atoms. The number of aromatic nitrogens is 3. The van der Waals surface area contributed by atoms with Crippen molar-refractivity contribution in [3.05, 3.63) is 34.6 Å². The maximum Gasteiger partial charge on any atom is 0.164 e. The van der Waals surface area contributed by atoms with Crippen molar-refractivity contribution in [2.75, 3.05) is 0 Å². The standard InChI is InChI=1S/C13H16BrN3O/c1-9(2)7-17-12(8-18)15-16-13(17)10-3-5-11(14)6-4-10/h3-6,9,18H,7-8H2,1-2H3. The monoisotopic (exact) mass is 309 g/mol. The van der Waals surface area contributed by atoms with Crippen LogP contribution in [0.5, 0.6) is 0 Å². The molecule has 0 aliphatic rings.